The predicted octanol–water partition coefficient (Wildman–Crippen LogP) is 2.70. The van der Waals surface area contributed by atoms with Crippen molar-refractivity contribution in [3.8, 4) is 0 Å². The molecule has 0 aromatic heterocycles. The summed E-state index contributed by atoms with van der Waals surface area (Å²) in [6, 6.07) is 7.37. The van der Waals surface area contributed by atoms with Crippen LogP contribution in [0.5, 0.6) is 0 Å². The zero-order valence-corrected chi connectivity index (χ0v) is 12.8. The summed E-state index contributed by atoms with van der Waals surface area (Å²) in [5.74, 6) is -0.0785. The van der Waals surface area contributed by atoms with Gasteiger partial charge in [0.15, 0.2) is 0 Å². The monoisotopic (exact) mass is 315 g/mol. The Balaban J connectivity index is 0.00000200. The highest BCUT2D eigenvalue weighted by Crippen LogP contribution is 2.12. The molecule has 0 bridgehead atoms. The van der Waals surface area contributed by atoms with E-state index in [0.717, 1.165) is 18.7 Å². The predicted molar refractivity (Wildman–Crippen MR) is 84.7 cm³/mol. The first-order valence-corrected chi connectivity index (χ1v) is 6.92. The lowest BCUT2D eigenvalue weighted by Gasteiger charge is -2.25. The number of nitrogens with one attached hydrogen (secondary N) is 1. The SMILES string of the molecule is Cl.O=C(CN1CCCCC1)N/N=C/c1ccccc1Cl. The van der Waals surface area contributed by atoms with Crippen LogP contribution in [0.2, 0.25) is 5.02 Å². The Morgan fingerprint density at radius 2 is 2.00 bits per heavy atom. The molecule has 4 nitrogen and oxygen atoms in total. The number of piperidine rings is 1. The van der Waals surface area contributed by atoms with E-state index in [1.54, 1.807) is 12.3 Å². The van der Waals surface area contributed by atoms with Gasteiger partial charge in [-0.2, -0.15) is 5.10 Å². The summed E-state index contributed by atoms with van der Waals surface area (Å²) in [4.78, 5) is 13.8. The smallest absolute Gasteiger partial charge is 0.254 e. The van der Waals surface area contributed by atoms with Crippen molar-refractivity contribution in [3.05, 3.63) is 34.9 Å². The first-order chi connectivity index (χ1) is 9.25. The quantitative estimate of drug-likeness (QED) is 0.686. The average molecular weight is 316 g/mol. The molecule has 1 amide bonds. The Hall–Kier alpha value is -1.10. The summed E-state index contributed by atoms with van der Waals surface area (Å²) in [6.07, 6.45) is 5.19. The maximum absolute atomic E-state index is 11.7. The third-order valence-corrected chi connectivity index (χ3v) is 3.46. The van der Waals surface area contributed by atoms with Crippen molar-refractivity contribution in [3.63, 3.8) is 0 Å². The molecule has 2 rings (SSSR count). The molecular weight excluding hydrogens is 297 g/mol. The molecule has 0 radical (unpaired) electrons. The number of carbonyl (C=O) groups is 1. The third kappa shape index (κ3) is 5.49. The summed E-state index contributed by atoms with van der Waals surface area (Å²) in [7, 11) is 0. The Morgan fingerprint density at radius 3 is 2.70 bits per heavy atom. The van der Waals surface area contributed by atoms with Crippen LogP contribution in [0.25, 0.3) is 0 Å². The average Bonchev–Trinajstić information content (AvgIpc) is 2.42. The highest BCUT2D eigenvalue weighted by Gasteiger charge is 2.12. The molecule has 0 saturated carbocycles. The van der Waals surface area contributed by atoms with Crippen LogP contribution in [0.1, 0.15) is 24.8 Å². The molecule has 20 heavy (non-hydrogen) atoms. The highest BCUT2D eigenvalue weighted by atomic mass is 35.5. The Kier molecular flexibility index (Phi) is 7.59. The number of nitrogens with zero attached hydrogens (tertiary/aromatic N) is 2. The number of halogens is 2. The van der Waals surface area contributed by atoms with E-state index < -0.39 is 0 Å². The second-order valence-corrected chi connectivity index (χ2v) is 5.06. The zero-order chi connectivity index (χ0) is 13.5. The molecule has 1 aliphatic rings. The van der Waals surface area contributed by atoms with Gasteiger partial charge in [0.2, 0.25) is 0 Å². The van der Waals surface area contributed by atoms with Crippen LogP contribution in [0, 0.1) is 0 Å². The number of amides is 1. The fourth-order valence-corrected chi connectivity index (χ4v) is 2.29. The molecule has 0 spiro atoms. The van der Waals surface area contributed by atoms with Gasteiger partial charge in [0.25, 0.3) is 5.91 Å². The number of benzene rings is 1. The second kappa shape index (κ2) is 8.95. The van der Waals surface area contributed by atoms with Crippen LogP contribution < -0.4 is 5.43 Å². The van der Waals surface area contributed by atoms with Crippen LogP contribution in [-0.2, 0) is 4.79 Å². The minimum absolute atomic E-state index is 0. The molecule has 0 unspecified atom stereocenters. The van der Waals surface area contributed by atoms with Crippen molar-refractivity contribution < 1.29 is 4.79 Å². The molecular formula is C14H19Cl2N3O. The minimum atomic E-state index is -0.0785. The molecule has 6 heteroatoms. The number of hydrogen-bond donors (Lipinski definition) is 1. The van der Waals surface area contributed by atoms with E-state index >= 15 is 0 Å². The number of carbonyl (C=O) groups excluding carboxylic acids is 1. The molecule has 1 aromatic rings. The number of hydrogen-bond acceptors (Lipinski definition) is 3. The van der Waals surface area contributed by atoms with Crippen molar-refractivity contribution in [2.75, 3.05) is 19.6 Å². The molecule has 1 fully saturated rings. The van der Waals surface area contributed by atoms with E-state index in [9.17, 15) is 4.79 Å². The summed E-state index contributed by atoms with van der Waals surface area (Å²) in [5.41, 5.74) is 3.33. The van der Waals surface area contributed by atoms with E-state index in [1.807, 2.05) is 18.2 Å². The lowest BCUT2D eigenvalue weighted by molar-refractivity contribution is -0.122. The van der Waals surface area contributed by atoms with Gasteiger partial charge in [0.1, 0.15) is 0 Å². The van der Waals surface area contributed by atoms with Crippen LogP contribution >= 0.6 is 24.0 Å². The van der Waals surface area contributed by atoms with E-state index in [2.05, 4.69) is 15.4 Å². The molecule has 0 aliphatic carbocycles. The molecule has 1 aromatic carbocycles. The molecule has 1 heterocycles. The van der Waals surface area contributed by atoms with Crippen LogP contribution in [0.15, 0.2) is 29.4 Å². The zero-order valence-electron chi connectivity index (χ0n) is 11.2. The van der Waals surface area contributed by atoms with Crippen molar-refractivity contribution in [1.82, 2.24) is 10.3 Å². The van der Waals surface area contributed by atoms with E-state index in [4.69, 9.17) is 11.6 Å². The molecule has 1 saturated heterocycles. The summed E-state index contributed by atoms with van der Waals surface area (Å²) >= 11 is 5.98. The van der Waals surface area contributed by atoms with Crippen LogP contribution in [0.4, 0.5) is 0 Å². The van der Waals surface area contributed by atoms with E-state index in [1.165, 1.54) is 19.3 Å². The standard InChI is InChI=1S/C14H18ClN3O.ClH/c15-13-7-3-2-6-12(13)10-16-17-14(19)11-18-8-4-1-5-9-18;/h2-3,6-7,10H,1,4-5,8-9,11H2,(H,17,19);1H/b16-10+;. The Bertz CT molecular complexity index is 459. The fourth-order valence-electron chi connectivity index (χ4n) is 2.11. The summed E-state index contributed by atoms with van der Waals surface area (Å²) in [6.45, 7) is 2.42. The number of hydrazone groups is 1. The Labute approximate surface area is 130 Å². The minimum Gasteiger partial charge on any atom is -0.294 e. The number of rotatable bonds is 4. The van der Waals surface area contributed by atoms with Gasteiger partial charge in [0.05, 0.1) is 12.8 Å². The van der Waals surface area contributed by atoms with Gasteiger partial charge < -0.3 is 0 Å². The first-order valence-electron chi connectivity index (χ1n) is 6.54. The van der Waals surface area contributed by atoms with Gasteiger partial charge in [0, 0.05) is 10.6 Å². The van der Waals surface area contributed by atoms with Crippen LogP contribution in [-0.4, -0.2) is 36.7 Å². The largest absolute Gasteiger partial charge is 0.294 e. The summed E-state index contributed by atoms with van der Waals surface area (Å²) in [5, 5.41) is 4.55. The highest BCUT2D eigenvalue weighted by molar-refractivity contribution is 6.33. The van der Waals surface area contributed by atoms with Gasteiger partial charge in [-0.05, 0) is 32.0 Å². The van der Waals surface area contributed by atoms with E-state index in [0.29, 0.717) is 11.6 Å². The second-order valence-electron chi connectivity index (χ2n) is 4.65. The van der Waals surface area contributed by atoms with Crippen molar-refractivity contribution in [1.29, 1.82) is 0 Å². The van der Waals surface area contributed by atoms with Crippen LogP contribution in [0.3, 0.4) is 0 Å². The van der Waals surface area contributed by atoms with Gasteiger partial charge in [-0.15, -0.1) is 12.4 Å². The lowest BCUT2D eigenvalue weighted by atomic mass is 10.1. The molecule has 1 N–H and O–H groups in total. The molecule has 0 atom stereocenters. The molecule has 110 valence electrons. The van der Waals surface area contributed by atoms with Crippen molar-refractivity contribution in [2.24, 2.45) is 5.10 Å². The van der Waals surface area contributed by atoms with Gasteiger partial charge in [-0.3, -0.25) is 9.69 Å². The third-order valence-electron chi connectivity index (χ3n) is 3.11. The van der Waals surface area contributed by atoms with Crippen molar-refractivity contribution >= 4 is 36.1 Å². The Morgan fingerprint density at radius 1 is 1.30 bits per heavy atom. The van der Waals surface area contributed by atoms with Crippen molar-refractivity contribution in [2.45, 2.75) is 19.3 Å². The topological polar surface area (TPSA) is 44.7 Å². The fraction of sp³-hybridized carbons (Fsp3) is 0.429. The lowest BCUT2D eigenvalue weighted by Crippen LogP contribution is -2.38. The maximum atomic E-state index is 11.7. The van der Waals surface area contributed by atoms with Gasteiger partial charge >= 0.3 is 0 Å². The van der Waals surface area contributed by atoms with E-state index in [-0.39, 0.29) is 18.3 Å². The molecule has 1 aliphatic heterocycles. The number of likely N-dealkylation sites (tertiary alicyclic amines) is 1. The maximum Gasteiger partial charge on any atom is 0.254 e. The first kappa shape index (κ1) is 17.0. The van der Waals surface area contributed by atoms with Gasteiger partial charge in [-0.1, -0.05) is 36.2 Å². The summed E-state index contributed by atoms with van der Waals surface area (Å²) < 4.78 is 0. The normalized spacial score (nSPS) is 15.8. The van der Waals surface area contributed by atoms with Gasteiger partial charge in [-0.25, -0.2) is 5.43 Å².